The molecule has 1 aliphatic rings. The molecule has 1 heterocycles. The van der Waals surface area contributed by atoms with Crippen molar-refractivity contribution >= 4 is 46.4 Å². The molecular formula is C18H15Cl2N3O4. The molecule has 1 saturated heterocycles. The first-order valence-electron chi connectivity index (χ1n) is 8.13. The number of hydrogen-bond donors (Lipinski definition) is 1. The molecule has 7 nitrogen and oxygen atoms in total. The van der Waals surface area contributed by atoms with Crippen LogP contribution in [-0.4, -0.2) is 29.8 Å². The van der Waals surface area contributed by atoms with Gasteiger partial charge < -0.3 is 10.2 Å². The van der Waals surface area contributed by atoms with Gasteiger partial charge >= 0.3 is 0 Å². The number of amides is 2. The molecular weight excluding hydrogens is 393 g/mol. The van der Waals surface area contributed by atoms with Crippen LogP contribution in [0.2, 0.25) is 10.0 Å². The number of carbonyl (C=O) groups excluding carboxylic acids is 2. The van der Waals surface area contributed by atoms with Crippen LogP contribution >= 0.6 is 23.2 Å². The molecule has 3 rings (SSSR count). The molecule has 1 fully saturated rings. The highest BCUT2D eigenvalue weighted by molar-refractivity contribution is 6.32. The quantitative estimate of drug-likeness (QED) is 0.604. The summed E-state index contributed by atoms with van der Waals surface area (Å²) in [6.45, 7) is 0.757. The van der Waals surface area contributed by atoms with Crippen molar-refractivity contribution in [3.63, 3.8) is 0 Å². The molecule has 0 spiro atoms. The van der Waals surface area contributed by atoms with Gasteiger partial charge in [-0.25, -0.2) is 0 Å². The van der Waals surface area contributed by atoms with Crippen LogP contribution in [0.3, 0.4) is 0 Å². The molecule has 0 bridgehead atoms. The summed E-state index contributed by atoms with van der Waals surface area (Å²) in [6, 6.07) is 10.8. The molecule has 140 valence electrons. The lowest BCUT2D eigenvalue weighted by Crippen LogP contribution is -2.31. The van der Waals surface area contributed by atoms with Crippen LogP contribution in [0.5, 0.6) is 0 Å². The van der Waals surface area contributed by atoms with Gasteiger partial charge in [-0.2, -0.15) is 0 Å². The number of nitrogens with zero attached hydrogens (tertiary/aromatic N) is 2. The first-order valence-corrected chi connectivity index (χ1v) is 8.89. The smallest absolute Gasteiger partial charge is 0.288 e. The Morgan fingerprint density at radius 2 is 1.93 bits per heavy atom. The number of benzene rings is 2. The lowest BCUT2D eigenvalue weighted by molar-refractivity contribution is -0.384. The van der Waals surface area contributed by atoms with Crippen LogP contribution < -0.4 is 10.2 Å². The summed E-state index contributed by atoms with van der Waals surface area (Å²) in [6.07, 6.45) is 0.309. The van der Waals surface area contributed by atoms with Gasteiger partial charge in [0.05, 0.1) is 4.92 Å². The Labute approximate surface area is 165 Å². The number of nitro groups is 1. The third kappa shape index (κ3) is 4.37. The molecule has 1 aliphatic heterocycles. The Bertz CT molecular complexity index is 902. The number of nitro benzene ring substituents is 1. The monoisotopic (exact) mass is 407 g/mol. The second-order valence-electron chi connectivity index (χ2n) is 6.18. The van der Waals surface area contributed by atoms with E-state index in [4.69, 9.17) is 23.2 Å². The van der Waals surface area contributed by atoms with Crippen molar-refractivity contribution < 1.29 is 14.5 Å². The van der Waals surface area contributed by atoms with Crippen molar-refractivity contribution in [1.82, 2.24) is 5.32 Å². The summed E-state index contributed by atoms with van der Waals surface area (Å²) in [4.78, 5) is 36.4. The topological polar surface area (TPSA) is 92.6 Å². The summed E-state index contributed by atoms with van der Waals surface area (Å²) in [5.74, 6) is -0.537. The largest absolute Gasteiger partial charge is 0.352 e. The van der Waals surface area contributed by atoms with Crippen LogP contribution in [-0.2, 0) is 4.79 Å². The maximum atomic E-state index is 12.3. The molecule has 0 aromatic heterocycles. The van der Waals surface area contributed by atoms with Gasteiger partial charge in [-0.05, 0) is 36.4 Å². The van der Waals surface area contributed by atoms with Gasteiger partial charge in [0.2, 0.25) is 5.91 Å². The van der Waals surface area contributed by atoms with E-state index in [0.717, 1.165) is 11.8 Å². The Kier molecular flexibility index (Phi) is 5.62. The van der Waals surface area contributed by atoms with Crippen molar-refractivity contribution in [2.75, 3.05) is 18.0 Å². The van der Waals surface area contributed by atoms with Crippen LogP contribution in [0.15, 0.2) is 42.5 Å². The average Bonchev–Trinajstić information content (AvgIpc) is 3.01. The Balaban J connectivity index is 1.61. The van der Waals surface area contributed by atoms with Gasteiger partial charge in [-0.3, -0.25) is 19.7 Å². The summed E-state index contributed by atoms with van der Waals surface area (Å²) < 4.78 is 0. The fourth-order valence-electron chi connectivity index (χ4n) is 2.92. The number of anilines is 1. The third-order valence-electron chi connectivity index (χ3n) is 4.30. The lowest BCUT2D eigenvalue weighted by atomic mass is 10.1. The van der Waals surface area contributed by atoms with Crippen molar-refractivity contribution in [1.29, 1.82) is 0 Å². The first-order chi connectivity index (χ1) is 12.8. The molecule has 2 aromatic rings. The molecule has 1 N–H and O–H groups in total. The number of rotatable bonds is 5. The van der Waals surface area contributed by atoms with E-state index in [1.807, 2.05) is 0 Å². The van der Waals surface area contributed by atoms with E-state index >= 15 is 0 Å². The van der Waals surface area contributed by atoms with Crippen LogP contribution in [0.4, 0.5) is 11.4 Å². The molecule has 2 aromatic carbocycles. The maximum Gasteiger partial charge on any atom is 0.288 e. The molecule has 0 radical (unpaired) electrons. The molecule has 0 aliphatic carbocycles. The number of carbonyl (C=O) groups is 2. The van der Waals surface area contributed by atoms with E-state index in [2.05, 4.69) is 5.32 Å². The molecule has 2 amide bonds. The van der Waals surface area contributed by atoms with E-state index in [1.54, 1.807) is 29.2 Å². The van der Waals surface area contributed by atoms with E-state index in [9.17, 15) is 19.7 Å². The number of nitrogens with one attached hydrogen (secondary N) is 1. The van der Waals surface area contributed by atoms with Crippen molar-refractivity contribution in [2.24, 2.45) is 5.92 Å². The van der Waals surface area contributed by atoms with Gasteiger partial charge in [0, 0.05) is 47.8 Å². The van der Waals surface area contributed by atoms with Gasteiger partial charge in [-0.15, -0.1) is 0 Å². The van der Waals surface area contributed by atoms with Crippen molar-refractivity contribution in [3.05, 3.63) is 68.2 Å². The SMILES string of the molecule is O=C(NCC1CC(=O)N(c2ccc(Cl)cc2)C1)c1ccc(Cl)c([N+](=O)[O-])c1. The minimum Gasteiger partial charge on any atom is -0.352 e. The van der Waals surface area contributed by atoms with Gasteiger partial charge in [0.1, 0.15) is 5.02 Å². The zero-order valence-electron chi connectivity index (χ0n) is 14.0. The second kappa shape index (κ2) is 7.94. The van der Waals surface area contributed by atoms with Gasteiger partial charge in [0.25, 0.3) is 11.6 Å². The predicted molar refractivity (Wildman–Crippen MR) is 102 cm³/mol. The molecule has 1 atom stereocenters. The molecule has 27 heavy (non-hydrogen) atoms. The van der Waals surface area contributed by atoms with Crippen molar-refractivity contribution in [2.45, 2.75) is 6.42 Å². The Morgan fingerprint density at radius 3 is 2.59 bits per heavy atom. The zero-order valence-corrected chi connectivity index (χ0v) is 15.5. The molecule has 1 unspecified atom stereocenters. The standard InChI is InChI=1S/C18H15Cl2N3O4/c19-13-2-4-14(5-3-13)22-10-11(7-17(22)24)9-21-18(25)12-1-6-15(20)16(8-12)23(26)27/h1-6,8,11H,7,9-10H2,(H,21,25). The predicted octanol–water partition coefficient (Wildman–Crippen LogP) is 3.68. The number of halogens is 2. The van der Waals surface area contributed by atoms with Crippen LogP contribution in [0, 0.1) is 16.0 Å². The summed E-state index contributed by atoms with van der Waals surface area (Å²) in [5, 5.41) is 14.2. The fourth-order valence-corrected chi connectivity index (χ4v) is 3.23. The normalized spacial score (nSPS) is 16.4. The summed E-state index contributed by atoms with van der Waals surface area (Å²) in [7, 11) is 0. The highest BCUT2D eigenvalue weighted by Crippen LogP contribution is 2.27. The maximum absolute atomic E-state index is 12.3. The van der Waals surface area contributed by atoms with Gasteiger partial charge in [0.15, 0.2) is 0 Å². The lowest BCUT2D eigenvalue weighted by Gasteiger charge is -2.17. The Hall–Kier alpha value is -2.64. The van der Waals surface area contributed by atoms with E-state index in [1.165, 1.54) is 12.1 Å². The highest BCUT2D eigenvalue weighted by Gasteiger charge is 2.30. The first kappa shape index (κ1) is 19.1. The fraction of sp³-hybridized carbons (Fsp3) is 0.222. The Morgan fingerprint density at radius 1 is 1.22 bits per heavy atom. The van der Waals surface area contributed by atoms with Crippen molar-refractivity contribution in [3.8, 4) is 0 Å². The minimum atomic E-state index is -0.640. The van der Waals surface area contributed by atoms with Gasteiger partial charge in [-0.1, -0.05) is 23.2 Å². The highest BCUT2D eigenvalue weighted by atomic mass is 35.5. The zero-order chi connectivity index (χ0) is 19.6. The van der Waals surface area contributed by atoms with E-state index < -0.39 is 10.8 Å². The van der Waals surface area contributed by atoms with E-state index in [-0.39, 0.29) is 34.6 Å². The number of hydrogen-bond acceptors (Lipinski definition) is 4. The van der Waals surface area contributed by atoms with E-state index in [0.29, 0.717) is 18.0 Å². The molecule has 0 saturated carbocycles. The second-order valence-corrected chi connectivity index (χ2v) is 7.03. The molecule has 9 heteroatoms. The summed E-state index contributed by atoms with van der Waals surface area (Å²) in [5.41, 5.74) is 0.575. The third-order valence-corrected chi connectivity index (χ3v) is 4.87. The average molecular weight is 408 g/mol. The minimum absolute atomic E-state index is 0.0290. The summed E-state index contributed by atoms with van der Waals surface area (Å²) >= 11 is 11.6. The van der Waals surface area contributed by atoms with Crippen LogP contribution in [0.25, 0.3) is 0 Å². The van der Waals surface area contributed by atoms with Crippen LogP contribution in [0.1, 0.15) is 16.8 Å².